The molecule has 3 rings (SSSR count). The SMILES string of the molecule is CC(C)NC(=O)c1cnc2c(c1)CN(Cc1ccccc1)C2C(C)C. The van der Waals surface area contributed by atoms with Crippen LogP contribution in [0.2, 0.25) is 0 Å². The molecule has 0 radical (unpaired) electrons. The van der Waals surface area contributed by atoms with Gasteiger partial charge in [-0.2, -0.15) is 0 Å². The average Bonchev–Trinajstić information content (AvgIpc) is 2.92. The van der Waals surface area contributed by atoms with Gasteiger partial charge in [-0.05, 0) is 37.0 Å². The van der Waals surface area contributed by atoms with Gasteiger partial charge >= 0.3 is 0 Å². The molecule has 0 spiro atoms. The Hall–Kier alpha value is -2.20. The molecule has 0 saturated carbocycles. The summed E-state index contributed by atoms with van der Waals surface area (Å²) >= 11 is 0. The van der Waals surface area contributed by atoms with Gasteiger partial charge in [0.05, 0.1) is 17.3 Å². The maximum atomic E-state index is 12.3. The lowest BCUT2D eigenvalue weighted by Crippen LogP contribution is -2.30. The summed E-state index contributed by atoms with van der Waals surface area (Å²) in [6.45, 7) is 10.1. The molecule has 2 heterocycles. The number of aromatic nitrogens is 1. The topological polar surface area (TPSA) is 45.2 Å². The van der Waals surface area contributed by atoms with E-state index in [1.807, 2.05) is 26.0 Å². The fourth-order valence-corrected chi connectivity index (χ4v) is 3.58. The molecular weight excluding hydrogens is 310 g/mol. The lowest BCUT2D eigenvalue weighted by atomic mass is 9.99. The maximum absolute atomic E-state index is 12.3. The van der Waals surface area contributed by atoms with Crippen molar-refractivity contribution in [2.24, 2.45) is 5.92 Å². The molecule has 1 amide bonds. The van der Waals surface area contributed by atoms with E-state index in [0.717, 1.165) is 18.8 Å². The monoisotopic (exact) mass is 337 g/mol. The number of nitrogens with one attached hydrogen (secondary N) is 1. The molecule has 0 aliphatic carbocycles. The second-order valence-corrected chi connectivity index (χ2v) is 7.48. The van der Waals surface area contributed by atoms with E-state index >= 15 is 0 Å². The van der Waals surface area contributed by atoms with E-state index in [0.29, 0.717) is 11.5 Å². The highest BCUT2D eigenvalue weighted by molar-refractivity contribution is 5.94. The number of rotatable bonds is 5. The zero-order valence-electron chi connectivity index (χ0n) is 15.5. The predicted molar refractivity (Wildman–Crippen MR) is 100 cm³/mol. The third-order valence-corrected chi connectivity index (χ3v) is 4.59. The van der Waals surface area contributed by atoms with E-state index in [2.05, 4.69) is 53.3 Å². The lowest BCUT2D eigenvalue weighted by molar-refractivity contribution is 0.0942. The van der Waals surface area contributed by atoms with Crippen LogP contribution in [0.4, 0.5) is 0 Å². The largest absolute Gasteiger partial charge is 0.350 e. The van der Waals surface area contributed by atoms with Gasteiger partial charge < -0.3 is 5.32 Å². The Labute approximate surface area is 150 Å². The first-order chi connectivity index (χ1) is 12.0. The normalized spacial score (nSPS) is 17.1. The van der Waals surface area contributed by atoms with Crippen LogP contribution < -0.4 is 5.32 Å². The molecule has 2 aromatic rings. The molecule has 1 aromatic heterocycles. The van der Waals surface area contributed by atoms with E-state index in [4.69, 9.17) is 0 Å². The van der Waals surface area contributed by atoms with Crippen LogP contribution in [0.25, 0.3) is 0 Å². The maximum Gasteiger partial charge on any atom is 0.253 e. The van der Waals surface area contributed by atoms with Crippen LogP contribution in [0.1, 0.15) is 60.9 Å². The predicted octanol–water partition coefficient (Wildman–Crippen LogP) is 3.93. The first kappa shape index (κ1) is 17.6. The second-order valence-electron chi connectivity index (χ2n) is 7.48. The third-order valence-electron chi connectivity index (χ3n) is 4.59. The number of nitrogens with zero attached hydrogens (tertiary/aromatic N) is 2. The second kappa shape index (κ2) is 7.36. The molecule has 1 aliphatic heterocycles. The molecule has 1 N–H and O–H groups in total. The van der Waals surface area contributed by atoms with Crippen LogP contribution >= 0.6 is 0 Å². The van der Waals surface area contributed by atoms with Gasteiger partial charge in [0.2, 0.25) is 0 Å². The molecule has 4 heteroatoms. The summed E-state index contributed by atoms with van der Waals surface area (Å²) in [4.78, 5) is 19.4. The first-order valence-corrected chi connectivity index (χ1v) is 9.03. The van der Waals surface area contributed by atoms with E-state index in [-0.39, 0.29) is 18.0 Å². The Balaban J connectivity index is 1.85. The van der Waals surface area contributed by atoms with Crippen molar-refractivity contribution in [1.82, 2.24) is 15.2 Å². The highest BCUT2D eigenvalue weighted by Gasteiger charge is 2.34. The van der Waals surface area contributed by atoms with Gasteiger partial charge in [-0.3, -0.25) is 14.7 Å². The molecule has 25 heavy (non-hydrogen) atoms. The van der Waals surface area contributed by atoms with Crippen molar-refractivity contribution < 1.29 is 4.79 Å². The molecule has 0 saturated heterocycles. The number of hydrogen-bond acceptors (Lipinski definition) is 3. The minimum absolute atomic E-state index is 0.0482. The van der Waals surface area contributed by atoms with E-state index < -0.39 is 0 Å². The number of carbonyl (C=O) groups excluding carboxylic acids is 1. The number of amides is 1. The van der Waals surface area contributed by atoms with Crippen molar-refractivity contribution in [2.75, 3.05) is 0 Å². The Kier molecular flexibility index (Phi) is 5.19. The molecule has 0 fully saturated rings. The van der Waals surface area contributed by atoms with Gasteiger partial charge in [-0.25, -0.2) is 0 Å². The highest BCUT2D eigenvalue weighted by atomic mass is 16.1. The van der Waals surface area contributed by atoms with Crippen molar-refractivity contribution in [3.8, 4) is 0 Å². The summed E-state index contributed by atoms with van der Waals surface area (Å²) < 4.78 is 0. The Morgan fingerprint density at radius 2 is 1.96 bits per heavy atom. The fraction of sp³-hybridized carbons (Fsp3) is 0.429. The fourth-order valence-electron chi connectivity index (χ4n) is 3.58. The molecular formula is C21H27N3O. The number of benzene rings is 1. The molecule has 1 atom stereocenters. The minimum Gasteiger partial charge on any atom is -0.350 e. The summed E-state index contributed by atoms with van der Waals surface area (Å²) in [6.07, 6.45) is 1.72. The van der Waals surface area contributed by atoms with Crippen LogP contribution in [0.5, 0.6) is 0 Å². The molecule has 1 aromatic carbocycles. The first-order valence-electron chi connectivity index (χ1n) is 9.03. The summed E-state index contributed by atoms with van der Waals surface area (Å²) in [6, 6.07) is 13.0. The number of hydrogen-bond donors (Lipinski definition) is 1. The van der Waals surface area contributed by atoms with Crippen molar-refractivity contribution >= 4 is 5.91 Å². The van der Waals surface area contributed by atoms with E-state index in [9.17, 15) is 4.79 Å². The zero-order chi connectivity index (χ0) is 18.0. The Morgan fingerprint density at radius 1 is 1.24 bits per heavy atom. The van der Waals surface area contributed by atoms with Gasteiger partial charge in [0, 0.05) is 25.3 Å². The average molecular weight is 337 g/mol. The molecule has 0 bridgehead atoms. The summed E-state index contributed by atoms with van der Waals surface area (Å²) in [7, 11) is 0. The third kappa shape index (κ3) is 3.90. The molecule has 4 nitrogen and oxygen atoms in total. The van der Waals surface area contributed by atoms with Crippen molar-refractivity contribution in [1.29, 1.82) is 0 Å². The Morgan fingerprint density at radius 3 is 2.60 bits per heavy atom. The van der Waals surface area contributed by atoms with E-state index in [1.54, 1.807) is 6.20 Å². The standard InChI is InChI=1S/C21H27N3O/c1-14(2)20-19-18(10-17(11-22-19)21(25)23-15(3)4)13-24(20)12-16-8-6-5-7-9-16/h5-11,14-15,20H,12-13H2,1-4H3,(H,23,25). The van der Waals surface area contributed by atoms with Crippen LogP contribution in [0.3, 0.4) is 0 Å². The number of fused-ring (bicyclic) bond motifs is 1. The molecule has 1 unspecified atom stereocenters. The summed E-state index contributed by atoms with van der Waals surface area (Å²) in [5.41, 5.74) is 4.24. The van der Waals surface area contributed by atoms with Gasteiger partial charge in [-0.15, -0.1) is 0 Å². The minimum atomic E-state index is -0.0482. The van der Waals surface area contributed by atoms with Gasteiger partial charge in [-0.1, -0.05) is 44.2 Å². The van der Waals surface area contributed by atoms with Crippen molar-refractivity contribution in [3.05, 3.63) is 65.0 Å². The van der Waals surface area contributed by atoms with Gasteiger partial charge in [0.25, 0.3) is 5.91 Å². The van der Waals surface area contributed by atoms with Gasteiger partial charge in [0.1, 0.15) is 0 Å². The summed E-state index contributed by atoms with van der Waals surface area (Å²) in [5, 5.41) is 2.94. The van der Waals surface area contributed by atoms with Crippen LogP contribution in [0.15, 0.2) is 42.6 Å². The molecule has 1 aliphatic rings. The number of pyridine rings is 1. The smallest absolute Gasteiger partial charge is 0.253 e. The highest BCUT2D eigenvalue weighted by Crippen LogP contribution is 2.38. The van der Waals surface area contributed by atoms with Crippen molar-refractivity contribution in [2.45, 2.75) is 52.9 Å². The van der Waals surface area contributed by atoms with Crippen LogP contribution in [-0.4, -0.2) is 21.8 Å². The van der Waals surface area contributed by atoms with Crippen molar-refractivity contribution in [3.63, 3.8) is 0 Å². The van der Waals surface area contributed by atoms with Crippen LogP contribution in [0, 0.1) is 5.92 Å². The quantitative estimate of drug-likeness (QED) is 0.899. The zero-order valence-corrected chi connectivity index (χ0v) is 15.5. The van der Waals surface area contributed by atoms with E-state index in [1.165, 1.54) is 11.1 Å². The van der Waals surface area contributed by atoms with Gasteiger partial charge in [0.15, 0.2) is 0 Å². The lowest BCUT2D eigenvalue weighted by Gasteiger charge is -2.27. The number of carbonyl (C=O) groups is 1. The van der Waals surface area contributed by atoms with Crippen LogP contribution in [-0.2, 0) is 13.1 Å². The molecule has 132 valence electrons. The summed E-state index contributed by atoms with van der Waals surface area (Å²) in [5.74, 6) is 0.417. The Bertz CT molecular complexity index is 740.